The van der Waals surface area contributed by atoms with E-state index in [9.17, 15) is 0 Å². The summed E-state index contributed by atoms with van der Waals surface area (Å²) in [6.07, 6.45) is 6.33. The van der Waals surface area contributed by atoms with Crippen molar-refractivity contribution in [3.8, 4) is 0 Å². The van der Waals surface area contributed by atoms with E-state index in [0.717, 1.165) is 25.0 Å². The van der Waals surface area contributed by atoms with Crippen molar-refractivity contribution in [1.82, 2.24) is 10.6 Å². The summed E-state index contributed by atoms with van der Waals surface area (Å²) in [5.74, 6) is 0.884. The Hall–Kier alpha value is -0.340. The monoisotopic (exact) mass is 166 g/mol. The Balaban J connectivity index is 1.94. The molecule has 1 saturated heterocycles. The van der Waals surface area contributed by atoms with Gasteiger partial charge in [-0.05, 0) is 38.8 Å². The SMILES string of the molecule is CNC1CCNCC2=CCC2C1. The lowest BCUT2D eigenvalue weighted by Crippen LogP contribution is -2.38. The molecule has 1 heterocycles. The average molecular weight is 166 g/mol. The first kappa shape index (κ1) is 8.27. The molecule has 2 rings (SSSR count). The highest BCUT2D eigenvalue weighted by Gasteiger charge is 2.25. The number of nitrogens with one attached hydrogen (secondary N) is 2. The lowest BCUT2D eigenvalue weighted by molar-refractivity contribution is 0.364. The van der Waals surface area contributed by atoms with Crippen LogP contribution in [0, 0.1) is 5.92 Å². The highest BCUT2D eigenvalue weighted by atomic mass is 14.9. The molecular formula is C10H18N2. The van der Waals surface area contributed by atoms with E-state index in [2.05, 4.69) is 23.8 Å². The molecule has 0 saturated carbocycles. The second kappa shape index (κ2) is 3.58. The second-order valence-corrected chi connectivity index (χ2v) is 3.90. The summed E-state index contributed by atoms with van der Waals surface area (Å²) in [7, 11) is 2.08. The van der Waals surface area contributed by atoms with Gasteiger partial charge in [0.25, 0.3) is 0 Å². The molecule has 1 aliphatic carbocycles. The third-order valence-electron chi connectivity index (χ3n) is 3.16. The molecule has 0 amide bonds. The lowest BCUT2D eigenvalue weighted by Gasteiger charge is -2.33. The van der Waals surface area contributed by atoms with E-state index < -0.39 is 0 Å². The minimum atomic E-state index is 0.728. The Morgan fingerprint density at radius 2 is 2.50 bits per heavy atom. The molecule has 2 unspecified atom stereocenters. The zero-order valence-corrected chi connectivity index (χ0v) is 7.77. The fraction of sp³-hybridized carbons (Fsp3) is 0.800. The summed E-state index contributed by atoms with van der Waals surface area (Å²) in [5.41, 5.74) is 1.65. The standard InChI is InChI=1S/C10H18N2/c1-11-10-4-5-12-7-9-3-2-8(9)6-10/h3,8,10-12H,2,4-7H2,1H3. The van der Waals surface area contributed by atoms with Crippen LogP contribution in [0.3, 0.4) is 0 Å². The molecule has 0 bridgehead atoms. The van der Waals surface area contributed by atoms with Crippen molar-refractivity contribution in [3.63, 3.8) is 0 Å². The molecule has 0 radical (unpaired) electrons. The van der Waals surface area contributed by atoms with Crippen molar-refractivity contribution < 1.29 is 0 Å². The summed E-state index contributed by atoms with van der Waals surface area (Å²) in [6, 6.07) is 0.728. The number of allylic oxidation sites excluding steroid dienone is 1. The first-order chi connectivity index (χ1) is 5.90. The van der Waals surface area contributed by atoms with Gasteiger partial charge < -0.3 is 10.6 Å². The van der Waals surface area contributed by atoms with Gasteiger partial charge in [-0.3, -0.25) is 0 Å². The minimum absolute atomic E-state index is 0.728. The Kier molecular flexibility index (Phi) is 2.47. The summed E-state index contributed by atoms with van der Waals surface area (Å²) in [6.45, 7) is 2.30. The molecule has 2 aliphatic rings. The smallest absolute Gasteiger partial charge is 0.0167 e. The van der Waals surface area contributed by atoms with Crippen LogP contribution in [-0.4, -0.2) is 26.2 Å². The van der Waals surface area contributed by atoms with Crippen LogP contribution in [0.5, 0.6) is 0 Å². The number of hydrogen-bond donors (Lipinski definition) is 2. The van der Waals surface area contributed by atoms with E-state index in [-0.39, 0.29) is 0 Å². The zero-order valence-electron chi connectivity index (χ0n) is 7.77. The third-order valence-corrected chi connectivity index (χ3v) is 3.16. The molecule has 12 heavy (non-hydrogen) atoms. The molecule has 2 N–H and O–H groups in total. The van der Waals surface area contributed by atoms with Crippen LogP contribution in [0.2, 0.25) is 0 Å². The van der Waals surface area contributed by atoms with Crippen molar-refractivity contribution in [2.24, 2.45) is 5.92 Å². The van der Waals surface area contributed by atoms with Crippen molar-refractivity contribution in [2.75, 3.05) is 20.1 Å². The van der Waals surface area contributed by atoms with E-state index in [1.807, 2.05) is 0 Å². The van der Waals surface area contributed by atoms with Crippen LogP contribution in [0.15, 0.2) is 11.6 Å². The Labute approximate surface area is 74.4 Å². The van der Waals surface area contributed by atoms with E-state index in [0.29, 0.717) is 0 Å². The van der Waals surface area contributed by atoms with Gasteiger partial charge in [-0.2, -0.15) is 0 Å². The van der Waals surface area contributed by atoms with Crippen LogP contribution in [0.1, 0.15) is 19.3 Å². The maximum atomic E-state index is 3.47. The second-order valence-electron chi connectivity index (χ2n) is 3.90. The van der Waals surface area contributed by atoms with Crippen LogP contribution in [0.4, 0.5) is 0 Å². The molecule has 68 valence electrons. The van der Waals surface area contributed by atoms with E-state index in [1.165, 1.54) is 19.3 Å². The topological polar surface area (TPSA) is 24.1 Å². The van der Waals surface area contributed by atoms with E-state index >= 15 is 0 Å². The van der Waals surface area contributed by atoms with Gasteiger partial charge in [-0.1, -0.05) is 11.6 Å². The van der Waals surface area contributed by atoms with Crippen LogP contribution >= 0.6 is 0 Å². The molecule has 1 fully saturated rings. The molecule has 0 aromatic rings. The molecule has 2 atom stereocenters. The summed E-state index contributed by atoms with van der Waals surface area (Å²) >= 11 is 0. The maximum absolute atomic E-state index is 3.47. The normalized spacial score (nSPS) is 35.6. The zero-order chi connectivity index (χ0) is 8.39. The predicted molar refractivity (Wildman–Crippen MR) is 51.1 cm³/mol. The van der Waals surface area contributed by atoms with Crippen molar-refractivity contribution in [1.29, 1.82) is 0 Å². The molecular weight excluding hydrogens is 148 g/mol. The molecule has 0 spiro atoms. The molecule has 0 aromatic heterocycles. The largest absolute Gasteiger partial charge is 0.317 e. The molecule has 2 nitrogen and oxygen atoms in total. The number of rotatable bonds is 1. The fourth-order valence-electron chi connectivity index (χ4n) is 2.15. The summed E-state index contributed by atoms with van der Waals surface area (Å²) in [4.78, 5) is 0. The van der Waals surface area contributed by atoms with Gasteiger partial charge in [0.15, 0.2) is 0 Å². The van der Waals surface area contributed by atoms with Crippen molar-refractivity contribution in [3.05, 3.63) is 11.6 Å². The molecule has 1 aliphatic heterocycles. The highest BCUT2D eigenvalue weighted by molar-refractivity contribution is 5.20. The van der Waals surface area contributed by atoms with E-state index in [1.54, 1.807) is 5.57 Å². The summed E-state index contributed by atoms with van der Waals surface area (Å²) < 4.78 is 0. The maximum Gasteiger partial charge on any atom is 0.0167 e. The number of fused-ring (bicyclic) bond motifs is 1. The van der Waals surface area contributed by atoms with Crippen LogP contribution < -0.4 is 10.6 Å². The van der Waals surface area contributed by atoms with Gasteiger partial charge in [0.1, 0.15) is 0 Å². The van der Waals surface area contributed by atoms with Crippen LogP contribution in [-0.2, 0) is 0 Å². The van der Waals surface area contributed by atoms with Crippen molar-refractivity contribution >= 4 is 0 Å². The summed E-state index contributed by atoms with van der Waals surface area (Å²) in [5, 5.41) is 6.86. The van der Waals surface area contributed by atoms with Gasteiger partial charge in [0.05, 0.1) is 0 Å². The molecule has 0 aromatic carbocycles. The average Bonchev–Trinajstić information content (AvgIpc) is 2.05. The van der Waals surface area contributed by atoms with Gasteiger partial charge in [0, 0.05) is 12.6 Å². The van der Waals surface area contributed by atoms with Crippen LogP contribution in [0.25, 0.3) is 0 Å². The fourth-order valence-corrected chi connectivity index (χ4v) is 2.15. The van der Waals surface area contributed by atoms with Gasteiger partial charge in [0.2, 0.25) is 0 Å². The quantitative estimate of drug-likeness (QED) is 0.566. The Bertz CT molecular complexity index is 186. The first-order valence-electron chi connectivity index (χ1n) is 4.97. The lowest BCUT2D eigenvalue weighted by atomic mass is 9.79. The van der Waals surface area contributed by atoms with E-state index in [4.69, 9.17) is 0 Å². The Morgan fingerprint density at radius 3 is 3.17 bits per heavy atom. The van der Waals surface area contributed by atoms with Gasteiger partial charge >= 0.3 is 0 Å². The number of hydrogen-bond acceptors (Lipinski definition) is 2. The van der Waals surface area contributed by atoms with Gasteiger partial charge in [-0.15, -0.1) is 0 Å². The first-order valence-corrected chi connectivity index (χ1v) is 4.97. The highest BCUT2D eigenvalue weighted by Crippen LogP contribution is 2.31. The van der Waals surface area contributed by atoms with Gasteiger partial charge in [-0.25, -0.2) is 0 Å². The predicted octanol–water partition coefficient (Wildman–Crippen LogP) is 0.904. The molecule has 2 heteroatoms. The van der Waals surface area contributed by atoms with Crippen molar-refractivity contribution in [2.45, 2.75) is 25.3 Å². The minimum Gasteiger partial charge on any atom is -0.317 e. The Morgan fingerprint density at radius 1 is 1.58 bits per heavy atom. The third kappa shape index (κ3) is 1.54.